The van der Waals surface area contributed by atoms with Gasteiger partial charge in [-0.15, -0.1) is 0 Å². The Balaban J connectivity index is 1.80. The summed E-state index contributed by atoms with van der Waals surface area (Å²) < 4.78 is 0. The Bertz CT molecular complexity index is 977. The molecule has 2 aromatic rings. The molecule has 1 aliphatic carbocycles. The summed E-state index contributed by atoms with van der Waals surface area (Å²) in [6.45, 7) is 11.9. The smallest absolute Gasteiger partial charge is 0.0482 e. The van der Waals surface area contributed by atoms with Crippen LogP contribution >= 0.6 is 11.6 Å². The van der Waals surface area contributed by atoms with Gasteiger partial charge >= 0.3 is 0 Å². The average molecular weight is 537 g/mol. The molecule has 0 unspecified atom stereocenters. The molecule has 0 aromatic heterocycles. The third-order valence-corrected chi connectivity index (χ3v) is 9.17. The van der Waals surface area contributed by atoms with Crippen molar-refractivity contribution in [3.63, 3.8) is 0 Å². The maximum Gasteiger partial charge on any atom is 0.0482 e. The molecule has 38 heavy (non-hydrogen) atoms. The van der Waals surface area contributed by atoms with Crippen LogP contribution in [0.25, 0.3) is 11.1 Å². The maximum atomic E-state index is 7.38. The zero-order valence-corrected chi connectivity index (χ0v) is 26.4. The molecule has 0 aliphatic heterocycles. The fourth-order valence-corrected chi connectivity index (χ4v) is 7.05. The van der Waals surface area contributed by atoms with Crippen molar-refractivity contribution in [1.82, 2.24) is 0 Å². The summed E-state index contributed by atoms with van der Waals surface area (Å²) in [7, 11) is 0. The van der Waals surface area contributed by atoms with Gasteiger partial charge in [-0.3, -0.25) is 0 Å². The molecule has 0 bridgehead atoms. The molecule has 0 saturated heterocycles. The predicted octanol–water partition coefficient (Wildman–Crippen LogP) is 12.6. The first kappa shape index (κ1) is 31.3. The minimum atomic E-state index is 0.107. The van der Waals surface area contributed by atoms with Crippen LogP contribution in [-0.2, 0) is 24.7 Å². The van der Waals surface area contributed by atoms with Crippen molar-refractivity contribution < 1.29 is 0 Å². The van der Waals surface area contributed by atoms with E-state index in [4.69, 9.17) is 11.6 Å². The van der Waals surface area contributed by atoms with Gasteiger partial charge in [0.2, 0.25) is 0 Å². The Labute approximate surface area is 241 Å². The molecule has 2 aromatic carbocycles. The minimum Gasteiger partial charge on any atom is -0.0837 e. The van der Waals surface area contributed by atoms with Gasteiger partial charge in [0.25, 0.3) is 0 Å². The fourth-order valence-electron chi connectivity index (χ4n) is 6.68. The molecule has 0 nitrogen and oxygen atoms in total. The molecule has 0 saturated carbocycles. The third-order valence-electron chi connectivity index (χ3n) is 8.71. The molecule has 0 fully saturated rings. The van der Waals surface area contributed by atoms with Crippen LogP contribution in [0.4, 0.5) is 0 Å². The van der Waals surface area contributed by atoms with E-state index in [2.05, 4.69) is 58.9 Å². The van der Waals surface area contributed by atoms with E-state index in [1.54, 1.807) is 11.1 Å². The molecule has 1 aliphatic rings. The van der Waals surface area contributed by atoms with Gasteiger partial charge in [-0.05, 0) is 70.0 Å². The number of hydrogen-bond acceptors (Lipinski definition) is 0. The summed E-state index contributed by atoms with van der Waals surface area (Å²) >= 11 is 7.38. The van der Waals surface area contributed by atoms with Crippen LogP contribution in [-0.4, -0.2) is 0 Å². The minimum absolute atomic E-state index is 0.107. The second-order valence-electron chi connectivity index (χ2n) is 13.0. The predicted molar refractivity (Wildman–Crippen MR) is 171 cm³/mol. The van der Waals surface area contributed by atoms with Gasteiger partial charge in [-0.25, -0.2) is 0 Å². The van der Waals surface area contributed by atoms with E-state index in [1.807, 2.05) is 0 Å². The zero-order chi connectivity index (χ0) is 27.4. The molecule has 0 atom stereocenters. The topological polar surface area (TPSA) is 0 Å². The fraction of sp³-hybridized carbons (Fsp3) is 0.676. The summed E-state index contributed by atoms with van der Waals surface area (Å²) in [6.07, 6.45) is 25.2. The summed E-state index contributed by atoms with van der Waals surface area (Å²) in [5.74, 6) is 0. The van der Waals surface area contributed by atoms with E-state index in [-0.39, 0.29) is 5.41 Å². The van der Waals surface area contributed by atoms with Gasteiger partial charge in [0.1, 0.15) is 0 Å². The van der Waals surface area contributed by atoms with E-state index in [0.29, 0.717) is 0 Å². The second kappa shape index (κ2) is 16.1. The molecule has 1 heteroatoms. The van der Waals surface area contributed by atoms with Crippen LogP contribution in [0.5, 0.6) is 0 Å². The standard InChI is InChI=1S/C37H57Cl/c1-6-8-10-12-14-16-18-20-26-31-32(27-21-19-17-15-13-11-9-7-2)36(38)33-28-29-24-22-23-25-30(29)34(33)35(31)37(3,4)5/h22-25H,6-21,26-28H2,1-5H3. The van der Waals surface area contributed by atoms with Gasteiger partial charge < -0.3 is 0 Å². The highest BCUT2D eigenvalue weighted by Gasteiger charge is 2.33. The van der Waals surface area contributed by atoms with Crippen molar-refractivity contribution >= 4 is 11.6 Å². The lowest BCUT2D eigenvalue weighted by molar-refractivity contribution is 0.557. The molecule has 0 amide bonds. The van der Waals surface area contributed by atoms with E-state index in [1.165, 1.54) is 137 Å². The van der Waals surface area contributed by atoms with Crippen molar-refractivity contribution in [3.8, 4) is 11.1 Å². The molecular formula is C37H57Cl. The molecule has 0 N–H and O–H groups in total. The summed E-state index contributed by atoms with van der Waals surface area (Å²) in [5.41, 5.74) is 10.6. The van der Waals surface area contributed by atoms with E-state index in [0.717, 1.165) is 17.9 Å². The van der Waals surface area contributed by atoms with E-state index >= 15 is 0 Å². The molecule has 0 spiro atoms. The number of halogens is 1. The molecule has 0 heterocycles. The third kappa shape index (κ3) is 8.61. The molecule has 3 rings (SSSR count). The summed E-state index contributed by atoms with van der Waals surface area (Å²) in [4.78, 5) is 0. The van der Waals surface area contributed by atoms with E-state index in [9.17, 15) is 0 Å². The second-order valence-corrected chi connectivity index (χ2v) is 13.4. The summed E-state index contributed by atoms with van der Waals surface area (Å²) in [6, 6.07) is 9.05. The van der Waals surface area contributed by atoms with Crippen LogP contribution < -0.4 is 0 Å². The monoisotopic (exact) mass is 536 g/mol. The number of fused-ring (bicyclic) bond motifs is 3. The Kier molecular flexibility index (Phi) is 13.2. The van der Waals surface area contributed by atoms with Crippen molar-refractivity contribution in [2.45, 2.75) is 162 Å². The average Bonchev–Trinajstić information content (AvgIpc) is 3.27. The summed E-state index contributed by atoms with van der Waals surface area (Å²) in [5, 5.41) is 1.10. The van der Waals surface area contributed by atoms with Crippen LogP contribution in [0.3, 0.4) is 0 Å². The van der Waals surface area contributed by atoms with Crippen molar-refractivity contribution in [1.29, 1.82) is 0 Å². The number of hydrogen-bond donors (Lipinski definition) is 0. The Hall–Kier alpha value is -1.27. The lowest BCUT2D eigenvalue weighted by Gasteiger charge is -2.30. The first-order valence-electron chi connectivity index (χ1n) is 16.3. The molecule has 212 valence electrons. The highest BCUT2D eigenvalue weighted by atomic mass is 35.5. The van der Waals surface area contributed by atoms with Crippen LogP contribution in [0.2, 0.25) is 5.02 Å². The van der Waals surface area contributed by atoms with Gasteiger partial charge in [0.15, 0.2) is 0 Å². The zero-order valence-electron chi connectivity index (χ0n) is 25.6. The van der Waals surface area contributed by atoms with Gasteiger partial charge in [0, 0.05) is 11.4 Å². The van der Waals surface area contributed by atoms with Gasteiger partial charge in [0.05, 0.1) is 0 Å². The Morgan fingerprint density at radius 3 is 1.63 bits per heavy atom. The number of benzene rings is 2. The van der Waals surface area contributed by atoms with Crippen LogP contribution in [0.1, 0.15) is 165 Å². The lowest BCUT2D eigenvalue weighted by Crippen LogP contribution is -2.19. The van der Waals surface area contributed by atoms with E-state index < -0.39 is 0 Å². The Morgan fingerprint density at radius 1 is 0.632 bits per heavy atom. The largest absolute Gasteiger partial charge is 0.0837 e. The van der Waals surface area contributed by atoms with Crippen molar-refractivity contribution in [2.24, 2.45) is 0 Å². The van der Waals surface area contributed by atoms with Gasteiger partial charge in [-0.1, -0.05) is 160 Å². The number of rotatable bonds is 18. The van der Waals surface area contributed by atoms with Gasteiger partial charge in [-0.2, -0.15) is 0 Å². The highest BCUT2D eigenvalue weighted by Crippen LogP contribution is 2.49. The van der Waals surface area contributed by atoms with Crippen LogP contribution in [0, 0.1) is 0 Å². The van der Waals surface area contributed by atoms with Crippen molar-refractivity contribution in [3.05, 3.63) is 57.1 Å². The molecule has 0 radical (unpaired) electrons. The first-order chi connectivity index (χ1) is 18.4. The highest BCUT2D eigenvalue weighted by molar-refractivity contribution is 6.33. The SMILES string of the molecule is CCCCCCCCCCc1c(Cl)c2c(c(C(C)(C)C)c1CCCCCCCCCC)-c1ccccc1C2. The quantitative estimate of drug-likeness (QED) is 0.142. The maximum absolute atomic E-state index is 7.38. The lowest BCUT2D eigenvalue weighted by atomic mass is 9.75. The first-order valence-corrected chi connectivity index (χ1v) is 16.7. The Morgan fingerprint density at radius 2 is 1.11 bits per heavy atom. The number of unbranched alkanes of at least 4 members (excludes halogenated alkanes) is 14. The van der Waals surface area contributed by atoms with Crippen LogP contribution in [0.15, 0.2) is 24.3 Å². The normalized spacial score (nSPS) is 12.7. The van der Waals surface area contributed by atoms with Crippen molar-refractivity contribution in [2.75, 3.05) is 0 Å². The molecular weight excluding hydrogens is 480 g/mol.